The van der Waals surface area contributed by atoms with E-state index >= 15 is 0 Å². The summed E-state index contributed by atoms with van der Waals surface area (Å²) in [5.41, 5.74) is 3.39. The molecule has 1 fully saturated rings. The maximum absolute atomic E-state index is 3.94. The predicted molar refractivity (Wildman–Crippen MR) is 82.6 cm³/mol. The molecule has 0 saturated carbocycles. The van der Waals surface area contributed by atoms with Gasteiger partial charge in [-0.25, -0.2) is 4.68 Å². The third-order valence-corrected chi connectivity index (χ3v) is 4.14. The summed E-state index contributed by atoms with van der Waals surface area (Å²) >= 11 is 0. The molecule has 2 aromatic rings. The molecular formula is C15H22N6. The zero-order valence-corrected chi connectivity index (χ0v) is 12.8. The van der Waals surface area contributed by atoms with E-state index in [-0.39, 0.29) is 0 Å². The molecule has 1 aliphatic heterocycles. The first-order chi connectivity index (χ1) is 10.1. The Bertz CT molecular complexity index is 592. The molecule has 112 valence electrons. The average molecular weight is 286 g/mol. The Labute approximate surface area is 125 Å². The number of hydrogen-bond acceptors (Lipinski definition) is 5. The fourth-order valence-corrected chi connectivity index (χ4v) is 2.78. The second-order valence-electron chi connectivity index (χ2n) is 5.97. The van der Waals surface area contributed by atoms with Crippen molar-refractivity contribution >= 4 is 5.69 Å². The number of likely N-dealkylation sites (tertiary alicyclic amines) is 1. The van der Waals surface area contributed by atoms with E-state index in [1.807, 2.05) is 6.07 Å². The Kier molecular flexibility index (Phi) is 3.88. The fraction of sp³-hybridized carbons (Fsp3) is 0.533. The molecule has 1 unspecified atom stereocenters. The van der Waals surface area contributed by atoms with Gasteiger partial charge in [0.05, 0.1) is 5.69 Å². The van der Waals surface area contributed by atoms with Gasteiger partial charge in [-0.05, 0) is 55.3 Å². The molecule has 0 bridgehead atoms. The van der Waals surface area contributed by atoms with Crippen molar-refractivity contribution in [1.82, 2.24) is 25.1 Å². The molecule has 0 aliphatic carbocycles. The smallest absolute Gasteiger partial charge is 0.143 e. The minimum Gasteiger partial charge on any atom is -0.381 e. The standard InChI is InChI=1S/C15H22N6/c1-11(2)20-7-6-13(9-20)17-15-8-14(5-4-12(15)3)21-10-16-18-19-21/h4-5,8,10-11,13,17H,6-7,9H2,1-3H3. The molecule has 1 aromatic heterocycles. The highest BCUT2D eigenvalue weighted by Crippen LogP contribution is 2.23. The second-order valence-corrected chi connectivity index (χ2v) is 5.97. The van der Waals surface area contributed by atoms with Crippen molar-refractivity contribution in [3.63, 3.8) is 0 Å². The van der Waals surface area contributed by atoms with Crippen LogP contribution in [0, 0.1) is 6.92 Å². The number of benzene rings is 1. The molecule has 1 aromatic carbocycles. The number of nitrogens with one attached hydrogen (secondary N) is 1. The number of nitrogens with zero attached hydrogens (tertiary/aromatic N) is 5. The monoisotopic (exact) mass is 286 g/mol. The molecular weight excluding hydrogens is 264 g/mol. The molecule has 3 rings (SSSR count). The van der Waals surface area contributed by atoms with E-state index in [4.69, 9.17) is 0 Å². The Balaban J connectivity index is 1.75. The molecule has 21 heavy (non-hydrogen) atoms. The van der Waals surface area contributed by atoms with Crippen molar-refractivity contribution in [1.29, 1.82) is 0 Å². The maximum Gasteiger partial charge on any atom is 0.143 e. The lowest BCUT2D eigenvalue weighted by atomic mass is 10.1. The SMILES string of the molecule is Cc1ccc(-n2cnnn2)cc1NC1CCN(C(C)C)C1. The molecule has 1 aliphatic rings. The molecule has 6 heteroatoms. The summed E-state index contributed by atoms with van der Waals surface area (Å²) in [6.07, 6.45) is 2.80. The minimum absolute atomic E-state index is 0.509. The van der Waals surface area contributed by atoms with E-state index < -0.39 is 0 Å². The summed E-state index contributed by atoms with van der Waals surface area (Å²) in [5, 5.41) is 15.0. The van der Waals surface area contributed by atoms with Gasteiger partial charge >= 0.3 is 0 Å². The Morgan fingerprint density at radius 3 is 2.86 bits per heavy atom. The van der Waals surface area contributed by atoms with Gasteiger partial charge < -0.3 is 5.32 Å². The van der Waals surface area contributed by atoms with E-state index in [1.165, 1.54) is 24.2 Å². The molecule has 1 N–H and O–H groups in total. The van der Waals surface area contributed by atoms with Crippen LogP contribution in [0.15, 0.2) is 24.5 Å². The first kappa shape index (κ1) is 14.0. The largest absolute Gasteiger partial charge is 0.381 e. The highest BCUT2D eigenvalue weighted by molar-refractivity contribution is 5.57. The molecule has 6 nitrogen and oxygen atoms in total. The summed E-state index contributed by atoms with van der Waals surface area (Å²) in [4.78, 5) is 2.51. The third kappa shape index (κ3) is 3.05. The highest BCUT2D eigenvalue weighted by Gasteiger charge is 2.24. The van der Waals surface area contributed by atoms with Crippen molar-refractivity contribution < 1.29 is 0 Å². The van der Waals surface area contributed by atoms with E-state index in [0.717, 1.165) is 12.2 Å². The first-order valence-corrected chi connectivity index (χ1v) is 7.48. The molecule has 2 heterocycles. The van der Waals surface area contributed by atoms with E-state index in [2.05, 4.69) is 58.6 Å². The summed E-state index contributed by atoms with van der Waals surface area (Å²) in [5.74, 6) is 0. The van der Waals surface area contributed by atoms with Gasteiger partial charge in [-0.2, -0.15) is 0 Å². The van der Waals surface area contributed by atoms with Gasteiger partial charge in [-0.3, -0.25) is 4.90 Å². The van der Waals surface area contributed by atoms with Gasteiger partial charge in [0.25, 0.3) is 0 Å². The van der Waals surface area contributed by atoms with Gasteiger partial charge in [-0.1, -0.05) is 6.07 Å². The Morgan fingerprint density at radius 2 is 2.19 bits per heavy atom. The zero-order chi connectivity index (χ0) is 14.8. The zero-order valence-electron chi connectivity index (χ0n) is 12.8. The van der Waals surface area contributed by atoms with E-state index in [9.17, 15) is 0 Å². The third-order valence-electron chi connectivity index (χ3n) is 4.14. The summed E-state index contributed by atoms with van der Waals surface area (Å²) in [6, 6.07) is 7.38. The maximum atomic E-state index is 3.94. The van der Waals surface area contributed by atoms with Crippen molar-refractivity contribution in [3.05, 3.63) is 30.1 Å². The molecule has 0 amide bonds. The Hall–Kier alpha value is -1.95. The van der Waals surface area contributed by atoms with Gasteiger partial charge in [0.1, 0.15) is 6.33 Å². The van der Waals surface area contributed by atoms with Crippen LogP contribution in [0.1, 0.15) is 25.8 Å². The molecule has 0 spiro atoms. The van der Waals surface area contributed by atoms with Gasteiger partial charge in [0, 0.05) is 30.9 Å². The lowest BCUT2D eigenvalue weighted by Crippen LogP contribution is -2.31. The Morgan fingerprint density at radius 1 is 1.33 bits per heavy atom. The number of aryl methyl sites for hydroxylation is 1. The normalized spacial score (nSPS) is 19.3. The van der Waals surface area contributed by atoms with Gasteiger partial charge in [-0.15, -0.1) is 5.10 Å². The number of tetrazole rings is 1. The molecule has 1 saturated heterocycles. The second kappa shape index (κ2) is 5.81. The number of aromatic nitrogens is 4. The van der Waals surface area contributed by atoms with Crippen LogP contribution in [0.5, 0.6) is 0 Å². The van der Waals surface area contributed by atoms with Crippen molar-refractivity contribution in [2.75, 3.05) is 18.4 Å². The fourth-order valence-electron chi connectivity index (χ4n) is 2.78. The van der Waals surface area contributed by atoms with E-state index in [1.54, 1.807) is 11.0 Å². The van der Waals surface area contributed by atoms with Crippen molar-refractivity contribution in [2.45, 2.75) is 39.3 Å². The van der Waals surface area contributed by atoms with Crippen molar-refractivity contribution in [3.8, 4) is 5.69 Å². The van der Waals surface area contributed by atoms with Crippen LogP contribution in [-0.2, 0) is 0 Å². The van der Waals surface area contributed by atoms with Crippen LogP contribution in [0.2, 0.25) is 0 Å². The van der Waals surface area contributed by atoms with Crippen LogP contribution in [-0.4, -0.2) is 50.3 Å². The molecule has 1 atom stereocenters. The number of hydrogen-bond donors (Lipinski definition) is 1. The van der Waals surface area contributed by atoms with E-state index in [0.29, 0.717) is 12.1 Å². The minimum atomic E-state index is 0.509. The van der Waals surface area contributed by atoms with Gasteiger partial charge in [0.2, 0.25) is 0 Å². The van der Waals surface area contributed by atoms with Crippen LogP contribution >= 0.6 is 0 Å². The quantitative estimate of drug-likeness (QED) is 0.929. The summed E-state index contributed by atoms with van der Waals surface area (Å²) < 4.78 is 1.68. The lowest BCUT2D eigenvalue weighted by molar-refractivity contribution is 0.274. The van der Waals surface area contributed by atoms with Gasteiger partial charge in [0.15, 0.2) is 0 Å². The lowest BCUT2D eigenvalue weighted by Gasteiger charge is -2.21. The average Bonchev–Trinajstić information content (AvgIpc) is 3.12. The van der Waals surface area contributed by atoms with Crippen LogP contribution < -0.4 is 5.32 Å². The summed E-state index contributed by atoms with van der Waals surface area (Å²) in [6.45, 7) is 8.91. The van der Waals surface area contributed by atoms with Crippen LogP contribution in [0.4, 0.5) is 5.69 Å². The predicted octanol–water partition coefficient (Wildman–Crippen LogP) is 1.87. The van der Waals surface area contributed by atoms with Crippen LogP contribution in [0.3, 0.4) is 0 Å². The van der Waals surface area contributed by atoms with Crippen molar-refractivity contribution in [2.24, 2.45) is 0 Å². The van der Waals surface area contributed by atoms with Crippen LogP contribution in [0.25, 0.3) is 5.69 Å². The molecule has 0 radical (unpaired) electrons. The number of rotatable bonds is 4. The first-order valence-electron chi connectivity index (χ1n) is 7.48. The topological polar surface area (TPSA) is 58.9 Å². The number of anilines is 1. The highest BCUT2D eigenvalue weighted by atomic mass is 15.5. The summed E-state index contributed by atoms with van der Waals surface area (Å²) in [7, 11) is 0.